The number of aromatic amines is 1. The number of H-pyrrole nitrogens is 1. The number of rotatable bonds is 1. The van der Waals surface area contributed by atoms with Crippen LogP contribution in [0.25, 0.3) is 11.0 Å². The van der Waals surface area contributed by atoms with Crippen molar-refractivity contribution in [2.75, 3.05) is 13.1 Å². The molecule has 1 unspecified atom stereocenters. The second kappa shape index (κ2) is 5.08. The third-order valence-corrected chi connectivity index (χ3v) is 5.06. The largest absolute Gasteiger partial charge is 0.354 e. The Morgan fingerprint density at radius 1 is 1.30 bits per heavy atom. The first kappa shape index (κ1) is 14.2. The van der Waals surface area contributed by atoms with Crippen LogP contribution in [0.5, 0.6) is 0 Å². The molecule has 0 radical (unpaired) electrons. The van der Waals surface area contributed by atoms with Gasteiger partial charge in [-0.05, 0) is 50.8 Å². The summed E-state index contributed by atoms with van der Waals surface area (Å²) >= 11 is 0. The van der Waals surface area contributed by atoms with Crippen LogP contribution in [0.15, 0.2) is 18.2 Å². The highest BCUT2D eigenvalue weighted by Crippen LogP contribution is 2.36. The van der Waals surface area contributed by atoms with Crippen molar-refractivity contribution in [1.82, 2.24) is 20.2 Å². The Morgan fingerprint density at radius 3 is 2.96 bits per heavy atom. The van der Waals surface area contributed by atoms with Crippen LogP contribution >= 0.6 is 0 Å². The van der Waals surface area contributed by atoms with Gasteiger partial charge in [-0.25, -0.2) is 4.98 Å². The van der Waals surface area contributed by atoms with Crippen LogP contribution in [0.2, 0.25) is 0 Å². The van der Waals surface area contributed by atoms with Gasteiger partial charge < -0.3 is 15.2 Å². The Bertz CT molecular complexity index is 797. The number of amides is 2. The Labute approximate surface area is 134 Å². The first-order chi connectivity index (χ1) is 11.1. The average molecular weight is 312 g/mol. The van der Waals surface area contributed by atoms with Crippen LogP contribution in [-0.2, 0) is 4.79 Å². The molecular formula is C17H20N4O2. The fourth-order valence-corrected chi connectivity index (χ4v) is 3.96. The van der Waals surface area contributed by atoms with Crippen molar-refractivity contribution >= 4 is 22.8 Å². The lowest BCUT2D eigenvalue weighted by molar-refractivity contribution is -0.133. The molecule has 0 saturated carbocycles. The van der Waals surface area contributed by atoms with Gasteiger partial charge in [-0.1, -0.05) is 0 Å². The molecule has 2 aromatic rings. The summed E-state index contributed by atoms with van der Waals surface area (Å²) in [5.41, 5.74) is 1.68. The summed E-state index contributed by atoms with van der Waals surface area (Å²) in [4.78, 5) is 34.8. The number of imidazole rings is 1. The molecule has 2 N–H and O–H groups in total. The number of aryl methyl sites for hydroxylation is 1. The van der Waals surface area contributed by atoms with Gasteiger partial charge in [-0.3, -0.25) is 9.59 Å². The molecule has 0 bridgehead atoms. The molecule has 2 fully saturated rings. The van der Waals surface area contributed by atoms with E-state index in [1.54, 1.807) is 11.0 Å². The van der Waals surface area contributed by atoms with E-state index in [1.807, 2.05) is 19.1 Å². The maximum absolute atomic E-state index is 13.0. The van der Waals surface area contributed by atoms with Crippen LogP contribution in [0.4, 0.5) is 0 Å². The van der Waals surface area contributed by atoms with Gasteiger partial charge in [-0.2, -0.15) is 0 Å². The number of benzene rings is 1. The highest BCUT2D eigenvalue weighted by atomic mass is 16.2. The topological polar surface area (TPSA) is 78.1 Å². The van der Waals surface area contributed by atoms with E-state index in [0.29, 0.717) is 18.7 Å². The van der Waals surface area contributed by atoms with Gasteiger partial charge in [0, 0.05) is 18.7 Å². The number of piperidine rings is 1. The standard InChI is InChI=1S/C17H20N4O2/c1-11-19-13-5-4-12(10-14(13)20-11)15(22)21-9-3-7-17(21)6-2-8-18-16(17)23/h4-5,10H,2-3,6-9H2,1H3,(H,18,23)(H,19,20). The third kappa shape index (κ3) is 2.12. The lowest BCUT2D eigenvalue weighted by atomic mass is 9.86. The molecular weight excluding hydrogens is 292 g/mol. The zero-order valence-electron chi connectivity index (χ0n) is 13.2. The molecule has 1 aromatic carbocycles. The van der Waals surface area contributed by atoms with Crippen LogP contribution in [0, 0.1) is 6.92 Å². The van der Waals surface area contributed by atoms with E-state index in [2.05, 4.69) is 15.3 Å². The zero-order valence-corrected chi connectivity index (χ0v) is 13.2. The summed E-state index contributed by atoms with van der Waals surface area (Å²) in [6.45, 7) is 3.25. The number of likely N-dealkylation sites (tertiary alicyclic amines) is 1. The second-order valence-electron chi connectivity index (χ2n) is 6.51. The predicted molar refractivity (Wildman–Crippen MR) is 86.1 cm³/mol. The number of nitrogens with zero attached hydrogens (tertiary/aromatic N) is 2. The molecule has 0 aliphatic carbocycles. The molecule has 2 aliphatic rings. The number of carbonyl (C=O) groups is 2. The molecule has 2 saturated heterocycles. The van der Waals surface area contributed by atoms with Gasteiger partial charge in [0.15, 0.2) is 0 Å². The Kier molecular flexibility index (Phi) is 3.14. The molecule has 4 rings (SSSR count). The van der Waals surface area contributed by atoms with Crippen molar-refractivity contribution in [3.8, 4) is 0 Å². The maximum atomic E-state index is 13.0. The minimum atomic E-state index is -0.645. The van der Waals surface area contributed by atoms with Crippen LogP contribution in [0.1, 0.15) is 41.9 Å². The fraction of sp³-hybridized carbons (Fsp3) is 0.471. The van der Waals surface area contributed by atoms with Gasteiger partial charge in [0.25, 0.3) is 5.91 Å². The quantitative estimate of drug-likeness (QED) is 0.842. The molecule has 1 spiro atoms. The summed E-state index contributed by atoms with van der Waals surface area (Å²) in [5, 5.41) is 2.94. The lowest BCUT2D eigenvalue weighted by Crippen LogP contribution is -2.60. The van der Waals surface area contributed by atoms with Gasteiger partial charge >= 0.3 is 0 Å². The number of carbonyl (C=O) groups excluding carboxylic acids is 2. The average Bonchev–Trinajstić information content (AvgIpc) is 3.12. The van der Waals surface area contributed by atoms with Crippen LogP contribution in [-0.4, -0.2) is 45.3 Å². The summed E-state index contributed by atoms with van der Waals surface area (Å²) in [5.74, 6) is 0.774. The van der Waals surface area contributed by atoms with E-state index < -0.39 is 5.54 Å². The van der Waals surface area contributed by atoms with Crippen LogP contribution in [0.3, 0.4) is 0 Å². The number of nitrogens with one attached hydrogen (secondary N) is 2. The van der Waals surface area contributed by atoms with Crippen molar-refractivity contribution in [2.24, 2.45) is 0 Å². The normalized spacial score (nSPS) is 24.4. The molecule has 3 heterocycles. The second-order valence-corrected chi connectivity index (χ2v) is 6.51. The van der Waals surface area contributed by atoms with Crippen molar-refractivity contribution in [3.63, 3.8) is 0 Å². The predicted octanol–water partition coefficient (Wildman–Crippen LogP) is 1.76. The summed E-state index contributed by atoms with van der Waals surface area (Å²) in [6, 6.07) is 5.50. The fourth-order valence-electron chi connectivity index (χ4n) is 3.96. The van der Waals surface area contributed by atoms with Crippen LogP contribution < -0.4 is 5.32 Å². The molecule has 23 heavy (non-hydrogen) atoms. The Morgan fingerprint density at radius 2 is 2.13 bits per heavy atom. The SMILES string of the molecule is Cc1nc2ccc(C(=O)N3CCCC34CCCNC4=O)cc2[nH]1. The first-order valence-corrected chi connectivity index (χ1v) is 8.17. The minimum Gasteiger partial charge on any atom is -0.354 e. The smallest absolute Gasteiger partial charge is 0.254 e. The Balaban J connectivity index is 1.70. The summed E-state index contributed by atoms with van der Waals surface area (Å²) in [7, 11) is 0. The van der Waals surface area contributed by atoms with E-state index in [4.69, 9.17) is 0 Å². The van der Waals surface area contributed by atoms with Crippen molar-refractivity contribution < 1.29 is 9.59 Å². The summed E-state index contributed by atoms with van der Waals surface area (Å²) in [6.07, 6.45) is 3.32. The van der Waals surface area contributed by atoms with Gasteiger partial charge in [0.05, 0.1) is 11.0 Å². The first-order valence-electron chi connectivity index (χ1n) is 8.17. The highest BCUT2D eigenvalue weighted by molar-refractivity contribution is 6.01. The van der Waals surface area contributed by atoms with Crippen molar-refractivity contribution in [2.45, 2.75) is 38.1 Å². The Hall–Kier alpha value is -2.37. The van der Waals surface area contributed by atoms with E-state index >= 15 is 0 Å². The number of hydrogen-bond donors (Lipinski definition) is 2. The van der Waals surface area contributed by atoms with Gasteiger partial charge in [-0.15, -0.1) is 0 Å². The number of fused-ring (bicyclic) bond motifs is 1. The molecule has 2 aliphatic heterocycles. The van der Waals surface area contributed by atoms with E-state index in [9.17, 15) is 9.59 Å². The van der Waals surface area contributed by atoms with Gasteiger partial charge in [0.2, 0.25) is 5.91 Å². The molecule has 6 nitrogen and oxygen atoms in total. The molecule has 120 valence electrons. The maximum Gasteiger partial charge on any atom is 0.254 e. The highest BCUT2D eigenvalue weighted by Gasteiger charge is 2.50. The number of aromatic nitrogens is 2. The minimum absolute atomic E-state index is 0.00747. The van der Waals surface area contributed by atoms with Gasteiger partial charge in [0.1, 0.15) is 11.4 Å². The lowest BCUT2D eigenvalue weighted by Gasteiger charge is -2.40. The molecule has 6 heteroatoms. The van der Waals surface area contributed by atoms with E-state index in [1.165, 1.54) is 0 Å². The molecule has 2 amide bonds. The molecule has 1 atom stereocenters. The monoisotopic (exact) mass is 312 g/mol. The zero-order chi connectivity index (χ0) is 16.0. The van der Waals surface area contributed by atoms with E-state index in [0.717, 1.165) is 42.5 Å². The van der Waals surface area contributed by atoms with E-state index in [-0.39, 0.29) is 11.8 Å². The molecule has 1 aromatic heterocycles. The van der Waals surface area contributed by atoms with Crippen molar-refractivity contribution in [1.29, 1.82) is 0 Å². The third-order valence-electron chi connectivity index (χ3n) is 5.06. The van der Waals surface area contributed by atoms with Crippen molar-refractivity contribution in [3.05, 3.63) is 29.6 Å². The number of hydrogen-bond acceptors (Lipinski definition) is 3. The summed E-state index contributed by atoms with van der Waals surface area (Å²) < 4.78 is 0.